The van der Waals surface area contributed by atoms with Crippen molar-refractivity contribution in [3.05, 3.63) is 16.9 Å². The maximum atomic E-state index is 11.7. The molecule has 0 saturated heterocycles. The van der Waals surface area contributed by atoms with Gasteiger partial charge in [-0.3, -0.25) is 4.79 Å². The number of amides is 1. The van der Waals surface area contributed by atoms with Crippen LogP contribution in [0, 0.1) is 0 Å². The molecule has 1 aromatic carbocycles. The Hall–Kier alpha value is -1.47. The molecule has 0 saturated carbocycles. The molecule has 0 unspecified atom stereocenters. The van der Waals surface area contributed by atoms with Crippen molar-refractivity contribution in [2.75, 3.05) is 18.8 Å². The second kappa shape index (κ2) is 6.11. The lowest BCUT2D eigenvalue weighted by atomic mass is 10.3. The molecule has 1 aliphatic heterocycles. The van der Waals surface area contributed by atoms with Gasteiger partial charge in [0.15, 0.2) is 16.3 Å². The Bertz CT molecular complexity index is 748. The molecule has 3 rings (SSSR count). The summed E-state index contributed by atoms with van der Waals surface area (Å²) in [6.07, 6.45) is 2.48. The number of aromatic nitrogens is 1. The molecule has 7 heteroatoms. The first-order chi connectivity index (χ1) is 10.2. The van der Waals surface area contributed by atoms with Crippen LogP contribution in [-0.4, -0.2) is 29.3 Å². The number of aryl methyl sites for hydroxylation is 1. The number of hydrogen-bond donors (Lipinski definition) is 0. The van der Waals surface area contributed by atoms with Gasteiger partial charge in [-0.05, 0) is 6.26 Å². The van der Waals surface area contributed by atoms with Gasteiger partial charge in [0.25, 0.3) is 0 Å². The molecule has 21 heavy (non-hydrogen) atoms. The fourth-order valence-electron chi connectivity index (χ4n) is 2.13. The van der Waals surface area contributed by atoms with Crippen LogP contribution in [0.5, 0.6) is 11.5 Å². The molecule has 0 radical (unpaired) electrons. The summed E-state index contributed by atoms with van der Waals surface area (Å²) in [7, 11) is 0. The zero-order valence-corrected chi connectivity index (χ0v) is 13.6. The molecule has 0 atom stereocenters. The van der Waals surface area contributed by atoms with Crippen LogP contribution >= 0.6 is 23.1 Å². The van der Waals surface area contributed by atoms with Gasteiger partial charge in [0, 0.05) is 30.9 Å². The monoisotopic (exact) mass is 324 g/mol. The number of benzene rings is 1. The molecule has 0 N–H and O–H groups in total. The Morgan fingerprint density at radius 1 is 1.43 bits per heavy atom. The summed E-state index contributed by atoms with van der Waals surface area (Å²) in [4.78, 5) is 16.6. The van der Waals surface area contributed by atoms with Crippen LogP contribution in [0.15, 0.2) is 17.1 Å². The fourth-order valence-corrected chi connectivity index (χ4v) is 3.58. The van der Waals surface area contributed by atoms with Crippen LogP contribution in [0.3, 0.4) is 0 Å². The second-order valence-corrected chi connectivity index (χ2v) is 6.56. The van der Waals surface area contributed by atoms with Gasteiger partial charge in [0.2, 0.25) is 12.7 Å². The molecule has 1 aliphatic rings. The first kappa shape index (κ1) is 14.5. The number of nitrogens with zero attached hydrogens (tertiary/aromatic N) is 2. The average Bonchev–Trinajstić information content (AvgIpc) is 3.06. The minimum atomic E-state index is -0.0977. The molecule has 0 spiro atoms. The van der Waals surface area contributed by atoms with E-state index < -0.39 is 0 Å². The Morgan fingerprint density at radius 2 is 2.19 bits per heavy atom. The van der Waals surface area contributed by atoms with Crippen molar-refractivity contribution in [3.8, 4) is 11.5 Å². The van der Waals surface area contributed by atoms with Gasteiger partial charge >= 0.3 is 0 Å². The van der Waals surface area contributed by atoms with E-state index in [0.29, 0.717) is 6.42 Å². The number of fused-ring (bicyclic) bond motifs is 2. The molecule has 1 amide bonds. The lowest BCUT2D eigenvalue weighted by molar-refractivity contribution is -0.117. The van der Waals surface area contributed by atoms with E-state index in [9.17, 15) is 4.79 Å². The Morgan fingerprint density at radius 3 is 2.90 bits per heavy atom. The lowest BCUT2D eigenvalue weighted by Gasteiger charge is -2.04. The number of carbonyl (C=O) groups excluding carboxylic acids is 1. The average molecular weight is 324 g/mol. The first-order valence-corrected chi connectivity index (χ1v) is 8.93. The van der Waals surface area contributed by atoms with Gasteiger partial charge in [-0.2, -0.15) is 16.8 Å². The van der Waals surface area contributed by atoms with E-state index in [-0.39, 0.29) is 12.7 Å². The van der Waals surface area contributed by atoms with Crippen LogP contribution in [-0.2, 0) is 11.3 Å². The molecule has 0 aliphatic carbocycles. The minimum absolute atomic E-state index is 0.0977. The molecule has 5 nitrogen and oxygen atoms in total. The fraction of sp³-hybridized carbons (Fsp3) is 0.429. The number of rotatable bonds is 4. The second-order valence-electron chi connectivity index (χ2n) is 4.56. The zero-order chi connectivity index (χ0) is 14.8. The molecule has 112 valence electrons. The molecule has 0 fully saturated rings. The molecular formula is C14H16N2O3S2. The van der Waals surface area contributed by atoms with Gasteiger partial charge in [0.1, 0.15) is 0 Å². The number of ether oxygens (including phenoxy) is 2. The van der Waals surface area contributed by atoms with Crippen molar-refractivity contribution >= 4 is 39.2 Å². The van der Waals surface area contributed by atoms with Gasteiger partial charge in [-0.15, -0.1) is 0 Å². The van der Waals surface area contributed by atoms with Gasteiger partial charge in [-0.1, -0.05) is 18.3 Å². The topological polar surface area (TPSA) is 52.8 Å². The smallest absolute Gasteiger partial charge is 0.248 e. The third-order valence-corrected chi connectivity index (χ3v) is 4.85. The van der Waals surface area contributed by atoms with E-state index in [1.54, 1.807) is 11.8 Å². The summed E-state index contributed by atoms with van der Waals surface area (Å²) in [6.45, 7) is 2.90. The van der Waals surface area contributed by atoms with Gasteiger partial charge in [0.05, 0.1) is 10.2 Å². The van der Waals surface area contributed by atoms with Crippen molar-refractivity contribution in [1.29, 1.82) is 0 Å². The maximum absolute atomic E-state index is 11.7. The molecule has 1 aromatic heterocycles. The summed E-state index contributed by atoms with van der Waals surface area (Å²) in [5, 5.41) is 0. The normalized spacial score (nSPS) is 14.1. The summed E-state index contributed by atoms with van der Waals surface area (Å²) in [5.41, 5.74) is 1.04. The summed E-state index contributed by atoms with van der Waals surface area (Å²) in [6, 6.07) is 3.94. The number of hydrogen-bond acceptors (Lipinski definition) is 5. The highest BCUT2D eigenvalue weighted by Gasteiger charge is 2.17. The van der Waals surface area contributed by atoms with E-state index in [1.165, 1.54) is 11.3 Å². The highest BCUT2D eigenvalue weighted by atomic mass is 32.2. The standard InChI is InChI=1S/C14H16N2O3S2/c1-3-13(17)15-14-16(4-5-20-2)9-6-10-11(19-8-18-10)7-12(9)21-14/h6-7H,3-5,8H2,1-2H3. The molecule has 0 bridgehead atoms. The SMILES string of the molecule is CCC(=O)N=c1sc2cc3c(cc2n1CCSC)OCO3. The lowest BCUT2D eigenvalue weighted by Crippen LogP contribution is -2.17. The Labute approximate surface area is 130 Å². The third-order valence-electron chi connectivity index (χ3n) is 3.22. The number of thiazole rings is 1. The van der Waals surface area contributed by atoms with Crippen molar-refractivity contribution in [2.45, 2.75) is 19.9 Å². The van der Waals surface area contributed by atoms with Crippen LogP contribution in [0.4, 0.5) is 0 Å². The molecule has 2 aromatic rings. The highest BCUT2D eigenvalue weighted by molar-refractivity contribution is 7.98. The van der Waals surface area contributed by atoms with E-state index in [1.807, 2.05) is 19.1 Å². The number of thioether (sulfide) groups is 1. The zero-order valence-electron chi connectivity index (χ0n) is 11.9. The summed E-state index contributed by atoms with van der Waals surface area (Å²) < 4.78 is 14.0. The first-order valence-electron chi connectivity index (χ1n) is 6.72. The third kappa shape index (κ3) is 2.80. The van der Waals surface area contributed by atoms with Gasteiger partial charge in [-0.25, -0.2) is 0 Å². The largest absolute Gasteiger partial charge is 0.454 e. The Balaban J connectivity index is 2.17. The predicted octanol–water partition coefficient (Wildman–Crippen LogP) is 2.63. The van der Waals surface area contributed by atoms with Crippen molar-refractivity contribution < 1.29 is 14.3 Å². The van der Waals surface area contributed by atoms with Crippen molar-refractivity contribution in [2.24, 2.45) is 4.99 Å². The van der Waals surface area contributed by atoms with Crippen molar-refractivity contribution in [3.63, 3.8) is 0 Å². The van der Waals surface area contributed by atoms with Gasteiger partial charge < -0.3 is 14.0 Å². The van der Waals surface area contributed by atoms with Crippen LogP contribution in [0.2, 0.25) is 0 Å². The van der Waals surface area contributed by atoms with Crippen LogP contribution in [0.25, 0.3) is 10.2 Å². The predicted molar refractivity (Wildman–Crippen MR) is 85.2 cm³/mol. The quantitative estimate of drug-likeness (QED) is 0.867. The molecular weight excluding hydrogens is 308 g/mol. The number of carbonyl (C=O) groups is 1. The minimum Gasteiger partial charge on any atom is -0.454 e. The Kier molecular flexibility index (Phi) is 4.21. The van der Waals surface area contributed by atoms with Crippen LogP contribution < -0.4 is 14.3 Å². The van der Waals surface area contributed by atoms with E-state index in [4.69, 9.17) is 9.47 Å². The molecule has 2 heterocycles. The maximum Gasteiger partial charge on any atom is 0.248 e. The van der Waals surface area contributed by atoms with E-state index in [2.05, 4.69) is 15.8 Å². The summed E-state index contributed by atoms with van der Waals surface area (Å²) >= 11 is 3.28. The van der Waals surface area contributed by atoms with Crippen LogP contribution in [0.1, 0.15) is 13.3 Å². The van der Waals surface area contributed by atoms with E-state index in [0.717, 1.165) is 38.8 Å². The van der Waals surface area contributed by atoms with Crippen molar-refractivity contribution in [1.82, 2.24) is 4.57 Å². The van der Waals surface area contributed by atoms with E-state index >= 15 is 0 Å². The highest BCUT2D eigenvalue weighted by Crippen LogP contribution is 2.36. The summed E-state index contributed by atoms with van der Waals surface area (Å²) in [5.74, 6) is 2.38.